The number of aromatic amines is 1. The van der Waals surface area contributed by atoms with Gasteiger partial charge in [-0.2, -0.15) is 0 Å². The number of aromatic nitrogens is 4. The van der Waals surface area contributed by atoms with Crippen molar-refractivity contribution >= 4 is 37.7 Å². The summed E-state index contributed by atoms with van der Waals surface area (Å²) < 4.78 is 11.9. The molecule has 25 heavy (non-hydrogen) atoms. The zero-order valence-electron chi connectivity index (χ0n) is 13.7. The summed E-state index contributed by atoms with van der Waals surface area (Å²) in [5.74, 6) is 1.14. The lowest BCUT2D eigenvalue weighted by atomic mass is 10.1. The second-order valence-corrected chi connectivity index (χ2v) is 6.47. The predicted octanol–water partition coefficient (Wildman–Crippen LogP) is 4.52. The van der Waals surface area contributed by atoms with E-state index in [0.717, 1.165) is 33.1 Å². The molecular weight excluding hydrogens is 384 g/mol. The van der Waals surface area contributed by atoms with E-state index in [-0.39, 0.29) is 0 Å². The topological polar surface area (TPSA) is 72.9 Å². The van der Waals surface area contributed by atoms with Crippen LogP contribution in [0.1, 0.15) is 11.3 Å². The van der Waals surface area contributed by atoms with Crippen molar-refractivity contribution in [1.82, 2.24) is 19.9 Å². The first-order valence-corrected chi connectivity index (χ1v) is 8.49. The van der Waals surface area contributed by atoms with E-state index < -0.39 is 0 Å². The summed E-state index contributed by atoms with van der Waals surface area (Å²) in [6.45, 7) is 2.50. The highest BCUT2D eigenvalue weighted by Crippen LogP contribution is 2.33. The maximum Gasteiger partial charge on any atom is 0.237 e. The van der Waals surface area contributed by atoms with Crippen LogP contribution in [0.5, 0.6) is 11.6 Å². The molecule has 0 aliphatic rings. The van der Waals surface area contributed by atoms with E-state index in [4.69, 9.17) is 9.47 Å². The monoisotopic (exact) mass is 398 g/mol. The van der Waals surface area contributed by atoms with Crippen LogP contribution in [0.25, 0.3) is 21.8 Å². The van der Waals surface area contributed by atoms with E-state index in [0.29, 0.717) is 22.8 Å². The Balaban J connectivity index is 1.84. The minimum atomic E-state index is 0.442. The van der Waals surface area contributed by atoms with Crippen molar-refractivity contribution in [1.29, 1.82) is 0 Å². The normalized spacial score (nSPS) is 11.3. The Hall–Kier alpha value is -2.51. The summed E-state index contributed by atoms with van der Waals surface area (Å²) in [5.41, 5.74) is 4.04. The van der Waals surface area contributed by atoms with Crippen molar-refractivity contribution in [3.63, 3.8) is 0 Å². The van der Waals surface area contributed by atoms with Crippen LogP contribution in [-0.4, -0.2) is 27.0 Å². The molecule has 1 N–H and O–H groups in total. The molecule has 126 valence electrons. The fourth-order valence-corrected chi connectivity index (χ4v) is 3.10. The van der Waals surface area contributed by atoms with Gasteiger partial charge in [0, 0.05) is 34.7 Å². The highest BCUT2D eigenvalue weighted by molar-refractivity contribution is 9.10. The van der Waals surface area contributed by atoms with Crippen molar-refractivity contribution in [2.45, 2.75) is 13.5 Å². The Morgan fingerprint density at radius 3 is 2.72 bits per heavy atom. The summed E-state index contributed by atoms with van der Waals surface area (Å²) >= 11 is 3.26. The van der Waals surface area contributed by atoms with Crippen LogP contribution in [0.3, 0.4) is 0 Å². The first kappa shape index (κ1) is 16.0. The minimum Gasteiger partial charge on any atom is -0.437 e. The number of nitrogens with zero attached hydrogens (tertiary/aromatic N) is 3. The molecule has 1 aromatic carbocycles. The molecule has 0 radical (unpaired) electrons. The van der Waals surface area contributed by atoms with Crippen LogP contribution in [0.4, 0.5) is 0 Å². The van der Waals surface area contributed by atoms with Gasteiger partial charge in [-0.25, -0.2) is 9.97 Å². The lowest BCUT2D eigenvalue weighted by Gasteiger charge is -2.07. The molecule has 3 aromatic heterocycles. The van der Waals surface area contributed by atoms with Gasteiger partial charge in [0.15, 0.2) is 0 Å². The molecule has 0 aliphatic heterocycles. The number of pyridine rings is 1. The number of methoxy groups -OCH3 is 1. The minimum absolute atomic E-state index is 0.442. The second kappa shape index (κ2) is 6.42. The summed E-state index contributed by atoms with van der Waals surface area (Å²) in [4.78, 5) is 16.2. The van der Waals surface area contributed by atoms with E-state index in [1.807, 2.05) is 31.3 Å². The molecule has 4 aromatic rings. The summed E-state index contributed by atoms with van der Waals surface area (Å²) in [5, 5.41) is 2.17. The van der Waals surface area contributed by atoms with Gasteiger partial charge in [-0.3, -0.25) is 4.98 Å². The molecule has 3 heterocycles. The number of H-pyrrole nitrogens is 1. The SMILES string of the molecule is COCc1c(C)ncc2[nH]c3ccc(Oc4cnc(Br)cn4)cc3c12. The van der Waals surface area contributed by atoms with E-state index in [1.54, 1.807) is 19.5 Å². The van der Waals surface area contributed by atoms with Gasteiger partial charge < -0.3 is 14.5 Å². The Bertz CT molecular complexity index is 1060. The van der Waals surface area contributed by atoms with Gasteiger partial charge in [0.25, 0.3) is 0 Å². The Kier molecular flexibility index (Phi) is 4.10. The molecule has 0 saturated heterocycles. The number of aryl methyl sites for hydroxylation is 1. The largest absolute Gasteiger partial charge is 0.437 e. The highest BCUT2D eigenvalue weighted by Gasteiger charge is 2.13. The van der Waals surface area contributed by atoms with Crippen molar-refractivity contribution in [3.05, 3.63) is 52.7 Å². The second-order valence-electron chi connectivity index (χ2n) is 5.66. The van der Waals surface area contributed by atoms with Gasteiger partial charge in [0.05, 0.1) is 30.7 Å². The fourth-order valence-electron chi connectivity index (χ4n) is 2.89. The lowest BCUT2D eigenvalue weighted by Crippen LogP contribution is -1.95. The number of halogens is 1. The Labute approximate surface area is 152 Å². The third-order valence-corrected chi connectivity index (χ3v) is 4.44. The molecule has 0 aliphatic carbocycles. The van der Waals surface area contributed by atoms with Crippen LogP contribution in [0.2, 0.25) is 0 Å². The van der Waals surface area contributed by atoms with Crippen LogP contribution in [-0.2, 0) is 11.3 Å². The van der Waals surface area contributed by atoms with Gasteiger partial charge in [-0.05, 0) is 41.1 Å². The molecular formula is C18H15BrN4O2. The molecule has 0 amide bonds. The first-order chi connectivity index (χ1) is 12.2. The zero-order valence-corrected chi connectivity index (χ0v) is 15.3. The number of hydrogen-bond acceptors (Lipinski definition) is 5. The third kappa shape index (κ3) is 2.96. The van der Waals surface area contributed by atoms with Crippen molar-refractivity contribution in [3.8, 4) is 11.6 Å². The summed E-state index contributed by atoms with van der Waals surface area (Å²) in [6, 6.07) is 5.89. The Morgan fingerprint density at radius 1 is 1.08 bits per heavy atom. The highest BCUT2D eigenvalue weighted by atomic mass is 79.9. The number of ether oxygens (including phenoxy) is 2. The number of hydrogen-bond donors (Lipinski definition) is 1. The number of nitrogens with one attached hydrogen (secondary N) is 1. The van der Waals surface area contributed by atoms with Gasteiger partial charge in [0.1, 0.15) is 10.4 Å². The zero-order chi connectivity index (χ0) is 17.4. The molecule has 6 nitrogen and oxygen atoms in total. The van der Waals surface area contributed by atoms with Gasteiger partial charge in [-0.15, -0.1) is 0 Å². The number of rotatable bonds is 4. The molecule has 0 unspecified atom stereocenters. The van der Waals surface area contributed by atoms with Crippen molar-refractivity contribution in [2.24, 2.45) is 0 Å². The molecule has 0 saturated carbocycles. The number of fused-ring (bicyclic) bond motifs is 3. The molecule has 0 fully saturated rings. The van der Waals surface area contributed by atoms with Crippen molar-refractivity contribution in [2.75, 3.05) is 7.11 Å². The average molecular weight is 399 g/mol. The first-order valence-electron chi connectivity index (χ1n) is 7.70. The van der Waals surface area contributed by atoms with E-state index in [9.17, 15) is 0 Å². The van der Waals surface area contributed by atoms with Crippen LogP contribution in [0, 0.1) is 6.92 Å². The smallest absolute Gasteiger partial charge is 0.237 e. The third-order valence-electron chi connectivity index (χ3n) is 4.03. The predicted molar refractivity (Wildman–Crippen MR) is 98.9 cm³/mol. The van der Waals surface area contributed by atoms with Crippen LogP contribution in [0.15, 0.2) is 41.4 Å². The maximum absolute atomic E-state index is 5.83. The molecule has 0 spiro atoms. The van der Waals surface area contributed by atoms with Crippen molar-refractivity contribution < 1.29 is 9.47 Å². The molecule has 7 heteroatoms. The molecule has 4 rings (SSSR count). The average Bonchev–Trinajstić information content (AvgIpc) is 2.98. The van der Waals surface area contributed by atoms with E-state index in [2.05, 4.69) is 35.9 Å². The van der Waals surface area contributed by atoms with Gasteiger partial charge >= 0.3 is 0 Å². The molecule has 0 atom stereocenters. The molecule has 0 bridgehead atoms. The standard InChI is InChI=1S/C18H15BrN4O2/c1-10-13(9-24-2)18-12-5-11(25-17-8-21-16(19)7-22-17)3-4-14(12)23-15(18)6-20-10/h3-8,23H,9H2,1-2H3. The summed E-state index contributed by atoms with van der Waals surface area (Å²) in [6.07, 6.45) is 5.03. The van der Waals surface area contributed by atoms with Gasteiger partial charge in [-0.1, -0.05) is 0 Å². The quantitative estimate of drug-likeness (QED) is 0.547. The van der Waals surface area contributed by atoms with E-state index in [1.165, 1.54) is 0 Å². The lowest BCUT2D eigenvalue weighted by molar-refractivity contribution is 0.185. The Morgan fingerprint density at radius 2 is 1.96 bits per heavy atom. The maximum atomic E-state index is 5.83. The van der Waals surface area contributed by atoms with Gasteiger partial charge in [0.2, 0.25) is 5.88 Å². The fraction of sp³-hybridized carbons (Fsp3) is 0.167. The van der Waals surface area contributed by atoms with Crippen LogP contribution < -0.4 is 4.74 Å². The van der Waals surface area contributed by atoms with E-state index >= 15 is 0 Å². The summed E-state index contributed by atoms with van der Waals surface area (Å²) in [7, 11) is 1.69. The number of benzene rings is 1. The van der Waals surface area contributed by atoms with Crippen LogP contribution >= 0.6 is 15.9 Å².